The van der Waals surface area contributed by atoms with Gasteiger partial charge in [-0.1, -0.05) is 18.2 Å². The van der Waals surface area contributed by atoms with E-state index in [9.17, 15) is 9.59 Å². The SMILES string of the molecule is COCCCNC(=O)c1ccc2c(c1)NC(=O)C(=Cc1ccccc1OC)O2. The van der Waals surface area contributed by atoms with Crippen LogP contribution in [-0.4, -0.2) is 39.2 Å². The summed E-state index contributed by atoms with van der Waals surface area (Å²) in [6.45, 7) is 1.09. The summed E-state index contributed by atoms with van der Waals surface area (Å²) in [4.78, 5) is 24.6. The first-order valence-electron chi connectivity index (χ1n) is 8.87. The molecule has 7 heteroatoms. The fourth-order valence-corrected chi connectivity index (χ4v) is 2.75. The first-order valence-corrected chi connectivity index (χ1v) is 8.87. The molecule has 0 saturated carbocycles. The van der Waals surface area contributed by atoms with Crippen LogP contribution in [0, 0.1) is 0 Å². The maximum atomic E-state index is 12.4. The van der Waals surface area contributed by atoms with Crippen molar-refractivity contribution in [3.63, 3.8) is 0 Å². The normalized spacial score (nSPS) is 14.1. The van der Waals surface area contributed by atoms with Gasteiger partial charge in [-0.15, -0.1) is 0 Å². The Morgan fingerprint density at radius 2 is 2.04 bits per heavy atom. The predicted octanol–water partition coefficient (Wildman–Crippen LogP) is 2.83. The number of methoxy groups -OCH3 is 2. The van der Waals surface area contributed by atoms with E-state index in [2.05, 4.69) is 10.6 Å². The van der Waals surface area contributed by atoms with Crippen molar-refractivity contribution in [1.82, 2.24) is 5.32 Å². The van der Waals surface area contributed by atoms with Crippen LogP contribution in [0.1, 0.15) is 22.3 Å². The van der Waals surface area contributed by atoms with Gasteiger partial charge < -0.3 is 24.8 Å². The van der Waals surface area contributed by atoms with Crippen molar-refractivity contribution in [2.75, 3.05) is 32.7 Å². The standard InChI is InChI=1S/C21H22N2O5/c1-26-11-5-10-22-20(24)15-8-9-18-16(12-15)23-21(25)19(28-18)13-14-6-3-4-7-17(14)27-2/h3-4,6-9,12-13H,5,10-11H2,1-2H3,(H,22,24)(H,23,25). The highest BCUT2D eigenvalue weighted by Gasteiger charge is 2.23. The molecule has 2 amide bonds. The van der Waals surface area contributed by atoms with E-state index in [1.54, 1.807) is 44.6 Å². The van der Waals surface area contributed by atoms with Gasteiger partial charge in [-0.3, -0.25) is 9.59 Å². The van der Waals surface area contributed by atoms with Crippen molar-refractivity contribution in [3.8, 4) is 11.5 Å². The van der Waals surface area contributed by atoms with Gasteiger partial charge >= 0.3 is 0 Å². The van der Waals surface area contributed by atoms with Gasteiger partial charge in [0.15, 0.2) is 11.5 Å². The van der Waals surface area contributed by atoms with Gasteiger partial charge in [0, 0.05) is 31.4 Å². The van der Waals surface area contributed by atoms with Gasteiger partial charge in [0.1, 0.15) is 5.75 Å². The summed E-state index contributed by atoms with van der Waals surface area (Å²) >= 11 is 0. The highest BCUT2D eigenvalue weighted by atomic mass is 16.5. The van der Waals surface area contributed by atoms with Gasteiger partial charge in [-0.2, -0.15) is 0 Å². The predicted molar refractivity (Wildman–Crippen MR) is 105 cm³/mol. The summed E-state index contributed by atoms with van der Waals surface area (Å²) in [5, 5.41) is 5.57. The zero-order chi connectivity index (χ0) is 19.9. The average Bonchev–Trinajstić information content (AvgIpc) is 2.71. The molecule has 2 N–H and O–H groups in total. The van der Waals surface area contributed by atoms with Gasteiger partial charge in [0.05, 0.1) is 12.8 Å². The third kappa shape index (κ3) is 4.50. The topological polar surface area (TPSA) is 85.9 Å². The Balaban J connectivity index is 1.76. The molecule has 0 fully saturated rings. The molecule has 2 aromatic carbocycles. The number of hydrogen-bond donors (Lipinski definition) is 2. The Kier molecular flexibility index (Phi) is 6.29. The molecule has 0 unspecified atom stereocenters. The summed E-state index contributed by atoms with van der Waals surface area (Å²) in [5.41, 5.74) is 1.62. The number of fused-ring (bicyclic) bond motifs is 1. The summed E-state index contributed by atoms with van der Waals surface area (Å²) in [6.07, 6.45) is 2.34. The third-order valence-corrected chi connectivity index (χ3v) is 4.17. The van der Waals surface area contributed by atoms with Crippen molar-refractivity contribution in [1.29, 1.82) is 0 Å². The van der Waals surface area contributed by atoms with Crippen molar-refractivity contribution in [2.24, 2.45) is 0 Å². The lowest BCUT2D eigenvalue weighted by atomic mass is 10.1. The molecule has 7 nitrogen and oxygen atoms in total. The second-order valence-corrected chi connectivity index (χ2v) is 6.12. The summed E-state index contributed by atoms with van der Waals surface area (Å²) in [5.74, 6) is 0.641. The smallest absolute Gasteiger partial charge is 0.291 e. The molecule has 0 aromatic heterocycles. The van der Waals surface area contributed by atoms with Crippen molar-refractivity contribution in [2.45, 2.75) is 6.42 Å². The number of ether oxygens (including phenoxy) is 3. The molecule has 2 aromatic rings. The minimum absolute atomic E-state index is 0.147. The van der Waals surface area contributed by atoms with E-state index in [0.29, 0.717) is 35.9 Å². The van der Waals surface area contributed by atoms with Crippen LogP contribution in [0.2, 0.25) is 0 Å². The van der Waals surface area contributed by atoms with Crippen LogP contribution >= 0.6 is 0 Å². The first kappa shape index (κ1) is 19.4. The molecule has 0 aliphatic carbocycles. The molecular weight excluding hydrogens is 360 g/mol. The number of benzene rings is 2. The van der Waals surface area contributed by atoms with Gasteiger partial charge in [-0.25, -0.2) is 0 Å². The van der Waals surface area contributed by atoms with Crippen LogP contribution < -0.4 is 20.1 Å². The third-order valence-electron chi connectivity index (χ3n) is 4.17. The number of anilines is 1. The highest BCUT2D eigenvalue weighted by molar-refractivity contribution is 6.09. The lowest BCUT2D eigenvalue weighted by Crippen LogP contribution is -2.27. The van der Waals surface area contributed by atoms with Gasteiger partial charge in [-0.05, 0) is 36.8 Å². The molecule has 0 saturated heterocycles. The molecule has 0 atom stereocenters. The second kappa shape index (κ2) is 9.05. The second-order valence-electron chi connectivity index (χ2n) is 6.12. The molecule has 3 rings (SSSR count). The Morgan fingerprint density at radius 3 is 2.82 bits per heavy atom. The maximum absolute atomic E-state index is 12.4. The van der Waals surface area contributed by atoms with Gasteiger partial charge in [0.25, 0.3) is 11.8 Å². The van der Waals surface area contributed by atoms with Crippen LogP contribution in [0.4, 0.5) is 5.69 Å². The molecule has 0 radical (unpaired) electrons. The van der Waals surface area contributed by atoms with E-state index >= 15 is 0 Å². The Bertz CT molecular complexity index is 907. The van der Waals surface area contributed by atoms with E-state index in [0.717, 1.165) is 12.0 Å². The van der Waals surface area contributed by atoms with E-state index in [-0.39, 0.29) is 11.7 Å². The Hall–Kier alpha value is -3.32. The van der Waals surface area contributed by atoms with Crippen LogP contribution in [0.25, 0.3) is 6.08 Å². The van der Waals surface area contributed by atoms with E-state index in [1.165, 1.54) is 0 Å². The van der Waals surface area contributed by atoms with Crippen molar-refractivity contribution >= 4 is 23.6 Å². The number of hydrogen-bond acceptors (Lipinski definition) is 5. The number of rotatable bonds is 7. The average molecular weight is 382 g/mol. The molecule has 0 spiro atoms. The van der Waals surface area contributed by atoms with Crippen LogP contribution in [0.5, 0.6) is 11.5 Å². The zero-order valence-corrected chi connectivity index (χ0v) is 15.8. The molecule has 1 heterocycles. The van der Waals surface area contributed by atoms with E-state index < -0.39 is 5.91 Å². The van der Waals surface area contributed by atoms with Gasteiger partial charge in [0.2, 0.25) is 0 Å². The number of nitrogens with one attached hydrogen (secondary N) is 2. The lowest BCUT2D eigenvalue weighted by Gasteiger charge is -2.20. The molecule has 1 aliphatic heterocycles. The minimum Gasteiger partial charge on any atom is -0.496 e. The Labute approximate surface area is 163 Å². The van der Waals surface area contributed by atoms with Crippen molar-refractivity contribution < 1.29 is 23.8 Å². The molecule has 1 aliphatic rings. The van der Waals surface area contributed by atoms with E-state index in [4.69, 9.17) is 14.2 Å². The van der Waals surface area contributed by atoms with Crippen molar-refractivity contribution in [3.05, 3.63) is 59.4 Å². The summed E-state index contributed by atoms with van der Waals surface area (Å²) < 4.78 is 16.0. The summed E-state index contributed by atoms with van der Waals surface area (Å²) in [6, 6.07) is 12.2. The summed E-state index contributed by atoms with van der Waals surface area (Å²) in [7, 11) is 3.18. The first-order chi connectivity index (χ1) is 13.6. The largest absolute Gasteiger partial charge is 0.496 e. The maximum Gasteiger partial charge on any atom is 0.291 e. The Morgan fingerprint density at radius 1 is 1.21 bits per heavy atom. The molecule has 0 bridgehead atoms. The molecule has 28 heavy (non-hydrogen) atoms. The van der Waals surface area contributed by atoms with E-state index in [1.807, 2.05) is 18.2 Å². The number of amides is 2. The highest BCUT2D eigenvalue weighted by Crippen LogP contribution is 2.33. The quantitative estimate of drug-likeness (QED) is 0.568. The van der Waals surface area contributed by atoms with Crippen LogP contribution in [0.3, 0.4) is 0 Å². The number of carbonyl (C=O) groups is 2. The van der Waals surface area contributed by atoms with Crippen LogP contribution in [-0.2, 0) is 9.53 Å². The fraction of sp³-hybridized carbons (Fsp3) is 0.238. The monoisotopic (exact) mass is 382 g/mol. The lowest BCUT2D eigenvalue weighted by molar-refractivity contribution is -0.115. The molecular formula is C21H22N2O5. The number of para-hydroxylation sites is 1. The molecule has 146 valence electrons. The van der Waals surface area contributed by atoms with Crippen LogP contribution in [0.15, 0.2) is 48.2 Å². The minimum atomic E-state index is -0.393. The fourth-order valence-electron chi connectivity index (χ4n) is 2.75. The number of carbonyl (C=O) groups excluding carboxylic acids is 2. The zero-order valence-electron chi connectivity index (χ0n) is 15.8.